The summed E-state index contributed by atoms with van der Waals surface area (Å²) in [6, 6.07) is 0. The van der Waals surface area contributed by atoms with Gasteiger partial charge in [-0.1, -0.05) is 0 Å². The van der Waals surface area contributed by atoms with E-state index in [-0.39, 0.29) is 12.4 Å². The smallest absolute Gasteiger partial charge is 0.152 e. The molecule has 2 rings (SSSR count). The van der Waals surface area contributed by atoms with E-state index in [1.165, 1.54) is 12.8 Å². The van der Waals surface area contributed by atoms with Crippen molar-refractivity contribution in [1.82, 2.24) is 10.2 Å². The van der Waals surface area contributed by atoms with Crippen molar-refractivity contribution in [1.29, 1.82) is 0 Å². The Morgan fingerprint density at radius 1 is 1.12 bits per heavy atom. The lowest BCUT2D eigenvalue weighted by Gasteiger charge is -2.32. The molecule has 2 fully saturated rings. The summed E-state index contributed by atoms with van der Waals surface area (Å²) in [5, 5.41) is 3.35. The molecule has 4 nitrogen and oxygen atoms in total. The minimum absolute atomic E-state index is 0. The van der Waals surface area contributed by atoms with Crippen molar-refractivity contribution in [2.24, 2.45) is 5.92 Å². The summed E-state index contributed by atoms with van der Waals surface area (Å²) in [5.41, 5.74) is 0. The van der Waals surface area contributed by atoms with Gasteiger partial charge < -0.3 is 10.2 Å². The first kappa shape index (κ1) is 14.2. The van der Waals surface area contributed by atoms with Crippen molar-refractivity contribution < 1.29 is 8.42 Å². The van der Waals surface area contributed by atoms with Gasteiger partial charge >= 0.3 is 0 Å². The van der Waals surface area contributed by atoms with E-state index in [9.17, 15) is 8.42 Å². The van der Waals surface area contributed by atoms with Crippen molar-refractivity contribution in [3.05, 3.63) is 0 Å². The van der Waals surface area contributed by atoms with Crippen LogP contribution in [0.2, 0.25) is 0 Å². The van der Waals surface area contributed by atoms with Crippen LogP contribution in [-0.4, -0.2) is 57.5 Å². The molecule has 0 spiro atoms. The number of halogens is 1. The molecular formula is C10H21ClN2O2S. The SMILES string of the molecule is Cl.O=S1(=O)CCN(CC2CCNCC2)CC1. The molecule has 0 aliphatic carbocycles. The molecule has 96 valence electrons. The van der Waals surface area contributed by atoms with E-state index in [0.29, 0.717) is 11.5 Å². The number of nitrogens with one attached hydrogen (secondary N) is 1. The second kappa shape index (κ2) is 6.19. The maximum absolute atomic E-state index is 11.3. The Morgan fingerprint density at radius 2 is 1.69 bits per heavy atom. The van der Waals surface area contributed by atoms with Crippen molar-refractivity contribution in [3.8, 4) is 0 Å². The predicted molar refractivity (Wildman–Crippen MR) is 67.9 cm³/mol. The molecular weight excluding hydrogens is 248 g/mol. The molecule has 0 aromatic heterocycles. The molecule has 0 aromatic rings. The molecule has 2 heterocycles. The van der Waals surface area contributed by atoms with Crippen LogP contribution in [0.25, 0.3) is 0 Å². The Balaban J connectivity index is 0.00000128. The number of rotatable bonds is 2. The summed E-state index contributed by atoms with van der Waals surface area (Å²) in [7, 11) is -2.71. The lowest BCUT2D eigenvalue weighted by atomic mass is 9.97. The third-order valence-corrected chi connectivity index (χ3v) is 5.02. The Kier molecular flexibility index (Phi) is 5.50. The Hall–Kier alpha value is 0.160. The highest BCUT2D eigenvalue weighted by atomic mass is 35.5. The van der Waals surface area contributed by atoms with Crippen molar-refractivity contribution in [2.45, 2.75) is 12.8 Å². The van der Waals surface area contributed by atoms with Gasteiger partial charge in [0.05, 0.1) is 11.5 Å². The van der Waals surface area contributed by atoms with Gasteiger partial charge in [0, 0.05) is 19.6 Å². The van der Waals surface area contributed by atoms with Gasteiger partial charge in [0.1, 0.15) is 0 Å². The van der Waals surface area contributed by atoms with Crippen LogP contribution in [0.5, 0.6) is 0 Å². The van der Waals surface area contributed by atoms with E-state index >= 15 is 0 Å². The van der Waals surface area contributed by atoms with E-state index < -0.39 is 9.84 Å². The van der Waals surface area contributed by atoms with E-state index in [0.717, 1.165) is 38.6 Å². The molecule has 0 aromatic carbocycles. The van der Waals surface area contributed by atoms with Gasteiger partial charge in [-0.2, -0.15) is 0 Å². The van der Waals surface area contributed by atoms with E-state index in [4.69, 9.17) is 0 Å². The summed E-state index contributed by atoms with van der Waals surface area (Å²) < 4.78 is 22.5. The van der Waals surface area contributed by atoms with Crippen LogP contribution in [0.15, 0.2) is 0 Å². The second-order valence-corrected chi connectivity index (χ2v) is 6.95. The van der Waals surface area contributed by atoms with Crippen LogP contribution in [0.3, 0.4) is 0 Å². The molecule has 0 amide bonds. The van der Waals surface area contributed by atoms with Crippen molar-refractivity contribution >= 4 is 22.2 Å². The third kappa shape index (κ3) is 4.20. The average Bonchev–Trinajstić information content (AvgIpc) is 2.23. The van der Waals surface area contributed by atoms with Gasteiger partial charge in [0.25, 0.3) is 0 Å². The van der Waals surface area contributed by atoms with Crippen LogP contribution in [0.4, 0.5) is 0 Å². The minimum atomic E-state index is -2.71. The standard InChI is InChI=1S/C10H20N2O2S.ClH/c13-15(14)7-5-12(6-8-15)9-10-1-3-11-4-2-10;/h10-11H,1-9H2;1H. The molecule has 2 aliphatic rings. The molecule has 6 heteroatoms. The fourth-order valence-electron chi connectivity index (χ4n) is 2.36. The summed E-state index contributed by atoms with van der Waals surface area (Å²) in [4.78, 5) is 2.32. The fraction of sp³-hybridized carbons (Fsp3) is 1.00. The van der Waals surface area contributed by atoms with E-state index in [1.807, 2.05) is 0 Å². The van der Waals surface area contributed by atoms with Crippen LogP contribution in [0, 0.1) is 5.92 Å². The molecule has 2 saturated heterocycles. The number of hydrogen-bond acceptors (Lipinski definition) is 4. The van der Waals surface area contributed by atoms with E-state index in [1.54, 1.807) is 0 Å². The van der Waals surface area contributed by atoms with Crippen LogP contribution in [0.1, 0.15) is 12.8 Å². The van der Waals surface area contributed by atoms with Crippen LogP contribution >= 0.6 is 12.4 Å². The van der Waals surface area contributed by atoms with Gasteiger partial charge in [0.15, 0.2) is 9.84 Å². The highest BCUT2D eigenvalue weighted by molar-refractivity contribution is 7.91. The van der Waals surface area contributed by atoms with Gasteiger partial charge in [-0.15, -0.1) is 12.4 Å². The summed E-state index contributed by atoms with van der Waals surface area (Å²) >= 11 is 0. The zero-order valence-corrected chi connectivity index (χ0v) is 11.2. The molecule has 0 saturated carbocycles. The third-order valence-electron chi connectivity index (χ3n) is 3.41. The topological polar surface area (TPSA) is 49.4 Å². The van der Waals surface area contributed by atoms with E-state index in [2.05, 4.69) is 10.2 Å². The van der Waals surface area contributed by atoms with Crippen molar-refractivity contribution in [2.75, 3.05) is 44.2 Å². The summed E-state index contributed by atoms with van der Waals surface area (Å²) in [5.74, 6) is 1.49. The lowest BCUT2D eigenvalue weighted by molar-refractivity contribution is 0.218. The maximum atomic E-state index is 11.3. The van der Waals surface area contributed by atoms with Gasteiger partial charge in [-0.05, 0) is 31.8 Å². The van der Waals surface area contributed by atoms with Crippen molar-refractivity contribution in [3.63, 3.8) is 0 Å². The van der Waals surface area contributed by atoms with Crippen LogP contribution < -0.4 is 5.32 Å². The zero-order chi connectivity index (χ0) is 10.7. The quantitative estimate of drug-likeness (QED) is 0.774. The number of sulfone groups is 1. The second-order valence-electron chi connectivity index (χ2n) is 4.65. The largest absolute Gasteiger partial charge is 0.317 e. The molecule has 0 unspecified atom stereocenters. The van der Waals surface area contributed by atoms with Gasteiger partial charge in [-0.3, -0.25) is 0 Å². The predicted octanol–water partition coefficient (Wildman–Crippen LogP) is 0.138. The zero-order valence-electron chi connectivity index (χ0n) is 9.52. The van der Waals surface area contributed by atoms with Crippen LogP contribution in [-0.2, 0) is 9.84 Å². The Labute approximate surface area is 104 Å². The Morgan fingerprint density at radius 3 is 2.25 bits per heavy atom. The minimum Gasteiger partial charge on any atom is -0.317 e. The highest BCUT2D eigenvalue weighted by Gasteiger charge is 2.24. The first-order chi connectivity index (χ1) is 7.16. The normalized spacial score (nSPS) is 27.2. The van der Waals surface area contributed by atoms with Gasteiger partial charge in [0.2, 0.25) is 0 Å². The molecule has 2 aliphatic heterocycles. The molecule has 0 bridgehead atoms. The lowest BCUT2D eigenvalue weighted by Crippen LogP contribution is -2.44. The summed E-state index contributed by atoms with van der Waals surface area (Å²) in [6.07, 6.45) is 2.48. The molecule has 1 N–H and O–H groups in total. The first-order valence-electron chi connectivity index (χ1n) is 5.79. The summed E-state index contributed by atoms with van der Waals surface area (Å²) in [6.45, 7) is 4.82. The molecule has 0 atom stereocenters. The monoisotopic (exact) mass is 268 g/mol. The number of hydrogen-bond donors (Lipinski definition) is 1. The highest BCUT2D eigenvalue weighted by Crippen LogP contribution is 2.15. The average molecular weight is 269 g/mol. The number of nitrogens with zero attached hydrogens (tertiary/aromatic N) is 1. The first-order valence-corrected chi connectivity index (χ1v) is 7.61. The van der Waals surface area contributed by atoms with Gasteiger partial charge in [-0.25, -0.2) is 8.42 Å². The molecule has 16 heavy (non-hydrogen) atoms. The number of piperidine rings is 1. The molecule has 0 radical (unpaired) electrons. The Bertz CT molecular complexity index is 288. The fourth-order valence-corrected chi connectivity index (χ4v) is 3.64. The maximum Gasteiger partial charge on any atom is 0.152 e.